The Morgan fingerprint density at radius 1 is 1.04 bits per heavy atom. The van der Waals surface area contributed by atoms with E-state index < -0.39 is 0 Å². The molecule has 1 aliphatic rings. The van der Waals surface area contributed by atoms with E-state index in [9.17, 15) is 9.59 Å². The number of aromatic nitrogens is 4. The molecular weight excluding hydrogens is 356 g/mol. The molecule has 1 aliphatic heterocycles. The van der Waals surface area contributed by atoms with E-state index in [1.807, 2.05) is 23.4 Å². The molecule has 1 atom stereocenters. The van der Waals surface area contributed by atoms with Crippen LogP contribution in [-0.2, 0) is 13.6 Å². The lowest BCUT2D eigenvalue weighted by Crippen LogP contribution is -2.40. The van der Waals surface area contributed by atoms with Gasteiger partial charge in [0.25, 0.3) is 5.56 Å². The van der Waals surface area contributed by atoms with Gasteiger partial charge in [-0.15, -0.1) is 0 Å². The molecule has 0 bridgehead atoms. The van der Waals surface area contributed by atoms with Crippen molar-refractivity contribution < 1.29 is 0 Å². The Hall–Kier alpha value is -2.38. The van der Waals surface area contributed by atoms with E-state index in [4.69, 9.17) is 5.10 Å². The highest BCUT2D eigenvalue weighted by Gasteiger charge is 2.30. The van der Waals surface area contributed by atoms with E-state index in [0.717, 1.165) is 25.1 Å². The maximum absolute atomic E-state index is 13.3. The van der Waals surface area contributed by atoms with Gasteiger partial charge in [0.15, 0.2) is 11.2 Å². The fraction of sp³-hybridized carbons (Fsp3) is 0.700. The molecule has 154 valence electrons. The minimum Gasteiger partial charge on any atom is -0.294 e. The summed E-state index contributed by atoms with van der Waals surface area (Å²) in [5, 5.41) is 6.58. The Labute approximate surface area is 165 Å². The zero-order chi connectivity index (χ0) is 20.7. The van der Waals surface area contributed by atoms with Crippen LogP contribution in [0.25, 0.3) is 11.2 Å². The molecule has 0 amide bonds. The van der Waals surface area contributed by atoms with E-state index in [2.05, 4.69) is 32.7 Å². The Morgan fingerprint density at radius 3 is 2.25 bits per heavy atom. The first-order valence-corrected chi connectivity index (χ1v) is 10.2. The number of rotatable bonds is 6. The summed E-state index contributed by atoms with van der Waals surface area (Å²) < 4.78 is 4.79. The third-order valence-corrected chi connectivity index (χ3v) is 5.51. The topological polar surface area (TPSA) is 77.4 Å². The molecule has 8 nitrogen and oxygen atoms in total. The van der Waals surface area contributed by atoms with Gasteiger partial charge in [-0.3, -0.25) is 18.5 Å². The lowest BCUT2D eigenvalue weighted by atomic mass is 10.1. The largest absolute Gasteiger partial charge is 0.332 e. The molecule has 0 unspecified atom stereocenters. The van der Waals surface area contributed by atoms with Crippen LogP contribution < -0.4 is 16.3 Å². The molecule has 3 heterocycles. The lowest BCUT2D eigenvalue weighted by Gasteiger charge is -2.29. The normalized spacial score (nSPS) is 17.0. The van der Waals surface area contributed by atoms with Crippen molar-refractivity contribution in [3.63, 3.8) is 0 Å². The van der Waals surface area contributed by atoms with Crippen molar-refractivity contribution in [2.75, 3.05) is 11.6 Å². The summed E-state index contributed by atoms with van der Waals surface area (Å²) in [6.07, 6.45) is 1.74. The van der Waals surface area contributed by atoms with Crippen molar-refractivity contribution in [1.82, 2.24) is 18.7 Å². The zero-order valence-corrected chi connectivity index (χ0v) is 18.1. The van der Waals surface area contributed by atoms with Crippen LogP contribution in [0.3, 0.4) is 0 Å². The van der Waals surface area contributed by atoms with E-state index in [1.54, 1.807) is 7.05 Å². The number of anilines is 1. The number of imidazole rings is 1. The minimum atomic E-state index is -0.312. The van der Waals surface area contributed by atoms with Crippen molar-refractivity contribution in [2.45, 2.75) is 67.0 Å². The van der Waals surface area contributed by atoms with Crippen LogP contribution in [0.2, 0.25) is 0 Å². The van der Waals surface area contributed by atoms with Gasteiger partial charge in [-0.05, 0) is 38.5 Å². The maximum atomic E-state index is 13.3. The highest BCUT2D eigenvalue weighted by Crippen LogP contribution is 2.30. The van der Waals surface area contributed by atoms with Crippen LogP contribution in [-0.4, -0.2) is 30.9 Å². The number of hydrogen-bond donors (Lipinski definition) is 0. The van der Waals surface area contributed by atoms with E-state index in [-0.39, 0.29) is 17.3 Å². The first-order chi connectivity index (χ1) is 13.1. The maximum Gasteiger partial charge on any atom is 0.332 e. The van der Waals surface area contributed by atoms with Gasteiger partial charge in [-0.2, -0.15) is 10.1 Å². The monoisotopic (exact) mass is 388 g/mol. The number of hydrogen-bond acceptors (Lipinski definition) is 5. The van der Waals surface area contributed by atoms with Gasteiger partial charge >= 0.3 is 5.69 Å². The molecule has 0 spiro atoms. The second-order valence-electron chi connectivity index (χ2n) is 8.66. The molecular formula is C20H32N6O2. The molecule has 0 saturated heterocycles. The van der Waals surface area contributed by atoms with E-state index in [1.165, 1.54) is 9.13 Å². The number of fused-ring (bicyclic) bond motifs is 3. The second kappa shape index (κ2) is 7.56. The number of aryl methyl sites for hydroxylation is 1. The summed E-state index contributed by atoms with van der Waals surface area (Å²) in [7, 11) is 1.69. The third kappa shape index (κ3) is 3.40. The second-order valence-corrected chi connectivity index (χ2v) is 8.66. The molecule has 0 saturated carbocycles. The third-order valence-electron chi connectivity index (χ3n) is 5.51. The van der Waals surface area contributed by atoms with Gasteiger partial charge in [0.1, 0.15) is 0 Å². The molecule has 2 aromatic heterocycles. The highest BCUT2D eigenvalue weighted by atomic mass is 16.2. The fourth-order valence-electron chi connectivity index (χ4n) is 3.50. The zero-order valence-electron chi connectivity index (χ0n) is 18.1. The Kier molecular flexibility index (Phi) is 5.50. The van der Waals surface area contributed by atoms with Gasteiger partial charge in [0.05, 0.1) is 11.8 Å². The number of nitrogens with zero attached hydrogens (tertiary/aromatic N) is 6. The Morgan fingerprint density at radius 2 is 1.64 bits per heavy atom. The summed E-state index contributed by atoms with van der Waals surface area (Å²) in [4.78, 5) is 30.8. The SMILES string of the molecule is CC1=NN(CCC(C)C)c2nc3c(c(=O)n(CCC(C)C)c(=O)n3C)n2[C@H]1C. The first-order valence-electron chi connectivity index (χ1n) is 10.2. The molecule has 0 fully saturated rings. The van der Waals surface area contributed by atoms with E-state index in [0.29, 0.717) is 35.5 Å². The Balaban J connectivity index is 2.23. The average Bonchev–Trinajstić information content (AvgIpc) is 3.02. The van der Waals surface area contributed by atoms with Crippen molar-refractivity contribution in [3.8, 4) is 0 Å². The first kappa shape index (κ1) is 20.4. The van der Waals surface area contributed by atoms with E-state index >= 15 is 0 Å². The molecule has 2 aromatic rings. The van der Waals surface area contributed by atoms with Gasteiger partial charge in [-0.25, -0.2) is 9.80 Å². The molecule has 3 rings (SSSR count). The van der Waals surface area contributed by atoms with Crippen LogP contribution in [0.1, 0.15) is 60.4 Å². The van der Waals surface area contributed by atoms with Crippen LogP contribution >= 0.6 is 0 Å². The summed E-state index contributed by atoms with van der Waals surface area (Å²) in [5.74, 6) is 1.58. The van der Waals surface area contributed by atoms with Gasteiger partial charge in [0, 0.05) is 20.1 Å². The van der Waals surface area contributed by atoms with Gasteiger partial charge in [-0.1, -0.05) is 27.7 Å². The van der Waals surface area contributed by atoms with Crippen LogP contribution in [0.4, 0.5) is 5.95 Å². The van der Waals surface area contributed by atoms with Gasteiger partial charge in [0.2, 0.25) is 5.95 Å². The smallest absolute Gasteiger partial charge is 0.294 e. The molecule has 0 aromatic carbocycles. The molecule has 0 radical (unpaired) electrons. The van der Waals surface area contributed by atoms with Crippen molar-refractivity contribution in [3.05, 3.63) is 20.8 Å². The standard InChI is InChI=1S/C20H32N6O2/c1-12(2)8-10-24-18(27)16-17(23(7)20(24)28)21-19-25(11-9-13(3)4)22-14(5)15(6)26(16)19/h12-13,15H,8-11H2,1-7H3/t15-/m0/s1. The van der Waals surface area contributed by atoms with Crippen molar-refractivity contribution in [1.29, 1.82) is 0 Å². The Bertz CT molecular complexity index is 1020. The fourth-order valence-corrected chi connectivity index (χ4v) is 3.50. The summed E-state index contributed by atoms with van der Waals surface area (Å²) in [5.41, 5.74) is 1.27. The number of hydrazone groups is 1. The predicted octanol–water partition coefficient (Wildman–Crippen LogP) is 2.75. The minimum absolute atomic E-state index is 0.0842. The molecule has 0 aliphatic carbocycles. The van der Waals surface area contributed by atoms with Gasteiger partial charge < -0.3 is 0 Å². The van der Waals surface area contributed by atoms with Crippen LogP contribution in [0.15, 0.2) is 14.7 Å². The quantitative estimate of drug-likeness (QED) is 0.762. The molecule has 8 heteroatoms. The predicted molar refractivity (Wildman–Crippen MR) is 113 cm³/mol. The van der Waals surface area contributed by atoms with Crippen molar-refractivity contribution >= 4 is 22.8 Å². The summed E-state index contributed by atoms with van der Waals surface area (Å²) in [6, 6.07) is -0.0842. The highest BCUT2D eigenvalue weighted by molar-refractivity contribution is 5.91. The summed E-state index contributed by atoms with van der Waals surface area (Å²) >= 11 is 0. The van der Waals surface area contributed by atoms with Crippen molar-refractivity contribution in [2.24, 2.45) is 24.0 Å². The molecule has 28 heavy (non-hydrogen) atoms. The lowest BCUT2D eigenvalue weighted by molar-refractivity contribution is 0.487. The molecule has 0 N–H and O–H groups in total. The van der Waals surface area contributed by atoms with Crippen LogP contribution in [0.5, 0.6) is 0 Å². The summed E-state index contributed by atoms with van der Waals surface area (Å²) in [6.45, 7) is 13.6. The average molecular weight is 389 g/mol. The van der Waals surface area contributed by atoms with Crippen LogP contribution in [0, 0.1) is 11.8 Å².